The van der Waals surface area contributed by atoms with Crippen LogP contribution in [0.25, 0.3) is 0 Å². The first-order valence-electron chi connectivity index (χ1n) is 6.77. The minimum atomic E-state index is -0.173. The smallest absolute Gasteiger partial charge is 0.123 e. The van der Waals surface area contributed by atoms with Crippen LogP contribution in [0.15, 0.2) is 36.4 Å². The molecule has 0 saturated carbocycles. The van der Waals surface area contributed by atoms with Crippen molar-refractivity contribution < 1.29 is 8.94 Å². The van der Waals surface area contributed by atoms with Gasteiger partial charge in [-0.2, -0.15) is 0 Å². The molecule has 0 amide bonds. The standard InChI is InChI=1S/C13H17F.C3H9NOS/c1-13(2,3)10-4-5-11-6-8-12(14)9-7-11;4-2-1-3-6-5/h4,6-10H,5H2,1-3H3;5H,1-4H2/b10-4+;. The number of nitrogens with two attached hydrogens (primary N) is 1. The maximum Gasteiger partial charge on any atom is 0.123 e. The Morgan fingerprint density at radius 1 is 1.25 bits per heavy atom. The van der Waals surface area contributed by atoms with Crippen molar-refractivity contribution in [2.45, 2.75) is 33.6 Å². The highest BCUT2D eigenvalue weighted by molar-refractivity contribution is 7.93. The summed E-state index contributed by atoms with van der Waals surface area (Å²) in [6, 6.07) is 6.64. The summed E-state index contributed by atoms with van der Waals surface area (Å²) in [6.07, 6.45) is 6.09. The van der Waals surface area contributed by atoms with Crippen molar-refractivity contribution in [2.24, 2.45) is 11.1 Å². The van der Waals surface area contributed by atoms with E-state index in [1.807, 2.05) is 12.1 Å². The van der Waals surface area contributed by atoms with Crippen LogP contribution in [0.5, 0.6) is 0 Å². The third-order valence-corrected chi connectivity index (χ3v) is 2.80. The van der Waals surface area contributed by atoms with Crippen LogP contribution in [-0.2, 0) is 6.42 Å². The minimum Gasteiger partial charge on any atom is -0.330 e. The molecule has 4 heteroatoms. The summed E-state index contributed by atoms with van der Waals surface area (Å²) in [4.78, 5) is 0. The van der Waals surface area contributed by atoms with Crippen molar-refractivity contribution in [3.8, 4) is 0 Å². The van der Waals surface area contributed by atoms with Crippen LogP contribution in [0, 0.1) is 11.2 Å². The summed E-state index contributed by atoms with van der Waals surface area (Å²) in [7, 11) is 0. The molecule has 1 rings (SSSR count). The SMILES string of the molecule is CC(C)(C)/C=C/Cc1ccc(F)cc1.NCCCSO. The minimum absolute atomic E-state index is 0.173. The summed E-state index contributed by atoms with van der Waals surface area (Å²) in [5, 5.41) is 0. The van der Waals surface area contributed by atoms with Crippen molar-refractivity contribution in [3.63, 3.8) is 0 Å². The van der Waals surface area contributed by atoms with Gasteiger partial charge in [-0.05, 0) is 54.5 Å². The normalized spacial score (nSPS) is 11.3. The average molecular weight is 299 g/mol. The second-order valence-corrected chi connectivity index (χ2v) is 6.24. The second-order valence-electron chi connectivity index (χ2n) is 5.57. The molecular formula is C16H26FNOS. The van der Waals surface area contributed by atoms with Crippen LogP contribution < -0.4 is 5.73 Å². The quantitative estimate of drug-likeness (QED) is 0.477. The molecule has 0 bridgehead atoms. The summed E-state index contributed by atoms with van der Waals surface area (Å²) >= 11 is 0.846. The van der Waals surface area contributed by atoms with E-state index in [1.54, 1.807) is 0 Å². The fourth-order valence-electron chi connectivity index (χ4n) is 1.32. The third-order valence-electron chi connectivity index (χ3n) is 2.32. The van der Waals surface area contributed by atoms with E-state index in [2.05, 4.69) is 32.9 Å². The molecule has 0 atom stereocenters. The van der Waals surface area contributed by atoms with E-state index in [1.165, 1.54) is 12.1 Å². The first kappa shape index (κ1) is 19.2. The van der Waals surface area contributed by atoms with Gasteiger partial charge in [0.15, 0.2) is 0 Å². The molecule has 0 heterocycles. The monoisotopic (exact) mass is 299 g/mol. The van der Waals surface area contributed by atoms with Gasteiger partial charge in [0.2, 0.25) is 0 Å². The van der Waals surface area contributed by atoms with E-state index in [-0.39, 0.29) is 11.2 Å². The van der Waals surface area contributed by atoms with Crippen LogP contribution >= 0.6 is 12.0 Å². The molecule has 0 radical (unpaired) electrons. The fraction of sp³-hybridized carbons (Fsp3) is 0.500. The maximum absolute atomic E-state index is 12.6. The molecule has 0 aliphatic heterocycles. The molecule has 0 aliphatic rings. The Morgan fingerprint density at radius 2 is 1.85 bits per heavy atom. The van der Waals surface area contributed by atoms with Crippen LogP contribution in [0.1, 0.15) is 32.8 Å². The molecule has 114 valence electrons. The highest BCUT2D eigenvalue weighted by Crippen LogP contribution is 2.15. The summed E-state index contributed by atoms with van der Waals surface area (Å²) in [6.45, 7) is 7.16. The zero-order valence-electron chi connectivity index (χ0n) is 12.6. The molecule has 1 aromatic carbocycles. The number of allylic oxidation sites excluding steroid dienone is 2. The molecule has 0 fully saturated rings. The van der Waals surface area contributed by atoms with Gasteiger partial charge in [0.1, 0.15) is 5.82 Å². The highest BCUT2D eigenvalue weighted by Gasteiger charge is 2.02. The van der Waals surface area contributed by atoms with Crippen LogP contribution in [0.3, 0.4) is 0 Å². The van der Waals surface area contributed by atoms with E-state index in [9.17, 15) is 4.39 Å². The lowest BCUT2D eigenvalue weighted by molar-refractivity contribution is 0.542. The van der Waals surface area contributed by atoms with E-state index in [0.717, 1.165) is 36.2 Å². The number of hydrogen-bond donors (Lipinski definition) is 2. The van der Waals surface area contributed by atoms with Gasteiger partial charge in [-0.25, -0.2) is 4.39 Å². The van der Waals surface area contributed by atoms with Crippen LogP contribution in [0.4, 0.5) is 4.39 Å². The Hall–Kier alpha value is -0.840. The zero-order valence-corrected chi connectivity index (χ0v) is 13.4. The van der Waals surface area contributed by atoms with Gasteiger partial charge in [0, 0.05) is 5.75 Å². The fourth-order valence-corrected chi connectivity index (χ4v) is 1.61. The molecule has 20 heavy (non-hydrogen) atoms. The van der Waals surface area contributed by atoms with E-state index in [4.69, 9.17) is 10.3 Å². The zero-order chi connectivity index (χ0) is 15.4. The van der Waals surface area contributed by atoms with Gasteiger partial charge in [-0.3, -0.25) is 0 Å². The predicted octanol–water partition coefficient (Wildman–Crippen LogP) is 4.51. The van der Waals surface area contributed by atoms with Crippen LogP contribution in [-0.4, -0.2) is 16.9 Å². The molecule has 0 aromatic heterocycles. The van der Waals surface area contributed by atoms with E-state index >= 15 is 0 Å². The van der Waals surface area contributed by atoms with Gasteiger partial charge in [-0.15, -0.1) is 0 Å². The lowest BCUT2D eigenvalue weighted by Gasteiger charge is -2.10. The van der Waals surface area contributed by atoms with Crippen LogP contribution in [0.2, 0.25) is 0 Å². The first-order chi connectivity index (χ1) is 9.39. The highest BCUT2D eigenvalue weighted by atomic mass is 32.2. The Balaban J connectivity index is 0.000000511. The van der Waals surface area contributed by atoms with Gasteiger partial charge in [-0.1, -0.05) is 45.1 Å². The molecule has 0 saturated heterocycles. The van der Waals surface area contributed by atoms with E-state index in [0.29, 0.717) is 6.54 Å². The van der Waals surface area contributed by atoms with Crippen molar-refractivity contribution in [1.82, 2.24) is 0 Å². The number of halogens is 1. The number of benzene rings is 1. The molecule has 3 N–H and O–H groups in total. The van der Waals surface area contributed by atoms with E-state index < -0.39 is 0 Å². The topological polar surface area (TPSA) is 46.2 Å². The van der Waals surface area contributed by atoms with Gasteiger partial charge in [0.05, 0.1) is 0 Å². The molecule has 0 spiro atoms. The van der Waals surface area contributed by atoms with Crippen molar-refractivity contribution in [1.29, 1.82) is 0 Å². The lowest BCUT2D eigenvalue weighted by Crippen LogP contribution is -1.98. The number of rotatable bonds is 5. The second kappa shape index (κ2) is 10.9. The Morgan fingerprint density at radius 3 is 2.25 bits per heavy atom. The van der Waals surface area contributed by atoms with Gasteiger partial charge in [0.25, 0.3) is 0 Å². The molecule has 1 aromatic rings. The van der Waals surface area contributed by atoms with Gasteiger partial charge < -0.3 is 10.3 Å². The molecule has 2 nitrogen and oxygen atoms in total. The number of hydrogen-bond acceptors (Lipinski definition) is 3. The predicted molar refractivity (Wildman–Crippen MR) is 87.5 cm³/mol. The van der Waals surface area contributed by atoms with Crippen molar-refractivity contribution in [3.05, 3.63) is 47.8 Å². The third kappa shape index (κ3) is 12.2. The maximum atomic E-state index is 12.6. The summed E-state index contributed by atoms with van der Waals surface area (Å²) in [5.74, 6) is 0.588. The molecular weight excluding hydrogens is 273 g/mol. The Kier molecular flexibility index (Phi) is 10.4. The Bertz CT molecular complexity index is 367. The summed E-state index contributed by atoms with van der Waals surface area (Å²) < 4.78 is 20.6. The Labute approximate surface area is 126 Å². The lowest BCUT2D eigenvalue weighted by atomic mass is 9.95. The van der Waals surface area contributed by atoms with Crippen molar-refractivity contribution >= 4 is 12.0 Å². The molecule has 0 unspecified atom stereocenters. The average Bonchev–Trinajstić information content (AvgIpc) is 2.38. The first-order valence-corrected chi connectivity index (χ1v) is 7.72. The van der Waals surface area contributed by atoms with Gasteiger partial charge >= 0.3 is 0 Å². The van der Waals surface area contributed by atoms with Crippen molar-refractivity contribution in [2.75, 3.05) is 12.3 Å². The largest absolute Gasteiger partial charge is 0.330 e. The summed E-state index contributed by atoms with van der Waals surface area (Å²) in [5.41, 5.74) is 6.46. The molecule has 0 aliphatic carbocycles.